The summed E-state index contributed by atoms with van der Waals surface area (Å²) in [7, 11) is 0. The predicted octanol–water partition coefficient (Wildman–Crippen LogP) is 1.38. The zero-order chi connectivity index (χ0) is 21.0. The average molecular weight is 399 g/mol. The van der Waals surface area contributed by atoms with Crippen LogP contribution >= 0.6 is 0 Å². The summed E-state index contributed by atoms with van der Waals surface area (Å²) in [5, 5.41) is 5.64. The second-order valence-corrected chi connectivity index (χ2v) is 8.29. The van der Waals surface area contributed by atoms with Crippen molar-refractivity contribution in [1.29, 1.82) is 0 Å². The molecule has 0 radical (unpaired) electrons. The molecule has 3 rings (SSSR count). The Hall–Kier alpha value is -2.70. The van der Waals surface area contributed by atoms with Gasteiger partial charge < -0.3 is 15.5 Å². The third-order valence-corrected chi connectivity index (χ3v) is 5.66. The van der Waals surface area contributed by atoms with Gasteiger partial charge in [0.2, 0.25) is 17.6 Å². The van der Waals surface area contributed by atoms with Crippen LogP contribution in [0, 0.1) is 5.92 Å². The number of hydrogen-bond donors (Lipinski definition) is 2. The Labute approximate surface area is 171 Å². The van der Waals surface area contributed by atoms with Crippen molar-refractivity contribution in [2.24, 2.45) is 5.92 Å². The molecule has 3 amide bonds. The first-order valence-electron chi connectivity index (χ1n) is 10.3. The van der Waals surface area contributed by atoms with Crippen LogP contribution in [0.5, 0.6) is 0 Å². The van der Waals surface area contributed by atoms with E-state index in [1.54, 1.807) is 0 Å². The summed E-state index contributed by atoms with van der Waals surface area (Å²) in [6.07, 6.45) is 3.66. The third-order valence-electron chi connectivity index (χ3n) is 5.66. The van der Waals surface area contributed by atoms with E-state index in [1.165, 1.54) is 5.56 Å². The molecular formula is C22H29N3O4. The highest BCUT2D eigenvalue weighted by molar-refractivity contribution is 6.42. The number of carbonyl (C=O) groups excluding carboxylic acids is 4. The Bertz CT molecular complexity index is 770. The van der Waals surface area contributed by atoms with Crippen molar-refractivity contribution in [2.75, 3.05) is 13.1 Å². The van der Waals surface area contributed by atoms with Gasteiger partial charge in [-0.15, -0.1) is 0 Å². The van der Waals surface area contributed by atoms with Gasteiger partial charge in [-0.3, -0.25) is 19.2 Å². The van der Waals surface area contributed by atoms with Gasteiger partial charge in [0.25, 0.3) is 5.91 Å². The first-order chi connectivity index (χ1) is 13.8. The first kappa shape index (κ1) is 21.0. The van der Waals surface area contributed by atoms with Crippen molar-refractivity contribution in [2.45, 2.75) is 57.5 Å². The number of ketones is 1. The maximum Gasteiger partial charge on any atom is 0.291 e. The normalized spacial score (nSPS) is 24.7. The summed E-state index contributed by atoms with van der Waals surface area (Å²) in [5.74, 6) is -2.75. The van der Waals surface area contributed by atoms with E-state index in [4.69, 9.17) is 0 Å². The van der Waals surface area contributed by atoms with Crippen molar-refractivity contribution in [1.82, 2.24) is 15.5 Å². The molecule has 1 unspecified atom stereocenters. The second kappa shape index (κ2) is 9.20. The quantitative estimate of drug-likeness (QED) is 0.558. The molecule has 29 heavy (non-hydrogen) atoms. The van der Waals surface area contributed by atoms with E-state index in [-0.39, 0.29) is 31.1 Å². The van der Waals surface area contributed by atoms with Crippen LogP contribution in [-0.2, 0) is 19.2 Å². The molecular weight excluding hydrogens is 370 g/mol. The van der Waals surface area contributed by atoms with E-state index in [9.17, 15) is 19.2 Å². The molecule has 1 saturated carbocycles. The summed E-state index contributed by atoms with van der Waals surface area (Å²) in [6.45, 7) is 3.40. The fraction of sp³-hybridized carbons (Fsp3) is 0.545. The van der Waals surface area contributed by atoms with Gasteiger partial charge in [0, 0.05) is 18.6 Å². The topological polar surface area (TPSA) is 95.6 Å². The molecule has 1 aromatic rings. The minimum Gasteiger partial charge on any atom is -0.353 e. The zero-order valence-corrected chi connectivity index (χ0v) is 17.0. The number of rotatable bonds is 6. The van der Waals surface area contributed by atoms with Crippen LogP contribution in [0.3, 0.4) is 0 Å². The van der Waals surface area contributed by atoms with Crippen LogP contribution < -0.4 is 10.6 Å². The number of likely N-dealkylation sites (tertiary alicyclic amines) is 1. The molecule has 1 aromatic carbocycles. The monoisotopic (exact) mass is 399 g/mol. The van der Waals surface area contributed by atoms with E-state index in [0.717, 1.165) is 30.6 Å². The van der Waals surface area contributed by atoms with Crippen molar-refractivity contribution < 1.29 is 19.2 Å². The number of nitrogens with zero attached hydrogens (tertiary/aromatic N) is 1. The number of amides is 3. The van der Waals surface area contributed by atoms with Crippen molar-refractivity contribution in [3.05, 3.63) is 35.9 Å². The van der Waals surface area contributed by atoms with E-state index in [0.29, 0.717) is 5.92 Å². The van der Waals surface area contributed by atoms with Gasteiger partial charge >= 0.3 is 0 Å². The molecule has 1 aliphatic heterocycles. The smallest absolute Gasteiger partial charge is 0.291 e. The van der Waals surface area contributed by atoms with E-state index in [2.05, 4.69) is 22.8 Å². The highest BCUT2D eigenvalue weighted by atomic mass is 16.2. The van der Waals surface area contributed by atoms with Crippen LogP contribution in [0.15, 0.2) is 30.3 Å². The number of nitrogens with one attached hydrogen (secondary N) is 2. The van der Waals surface area contributed by atoms with E-state index >= 15 is 0 Å². The highest BCUT2D eigenvalue weighted by Gasteiger charge is 2.44. The minimum atomic E-state index is -1.03. The molecule has 2 fully saturated rings. The number of benzene rings is 1. The van der Waals surface area contributed by atoms with Gasteiger partial charge in [-0.1, -0.05) is 30.3 Å². The molecule has 7 heteroatoms. The number of Topliss-reactive ketones (excluding diaryl/α,β-unsaturated/α-hetero) is 1. The molecule has 0 spiro atoms. The van der Waals surface area contributed by atoms with E-state index < -0.39 is 23.5 Å². The van der Waals surface area contributed by atoms with Crippen LogP contribution in [0.2, 0.25) is 0 Å². The van der Waals surface area contributed by atoms with Crippen LogP contribution in [0.25, 0.3) is 0 Å². The summed E-state index contributed by atoms with van der Waals surface area (Å²) < 4.78 is 0. The maximum atomic E-state index is 12.6. The predicted molar refractivity (Wildman–Crippen MR) is 108 cm³/mol. The van der Waals surface area contributed by atoms with Crippen LogP contribution in [-0.4, -0.2) is 53.6 Å². The second-order valence-electron chi connectivity index (χ2n) is 8.29. The Morgan fingerprint density at radius 3 is 2.34 bits per heavy atom. The lowest BCUT2D eigenvalue weighted by molar-refractivity contribution is -0.143. The lowest BCUT2D eigenvalue weighted by atomic mass is 9.81. The van der Waals surface area contributed by atoms with Gasteiger partial charge in [0.05, 0.1) is 6.54 Å². The van der Waals surface area contributed by atoms with Crippen LogP contribution in [0.1, 0.15) is 51.0 Å². The molecule has 0 bridgehead atoms. The minimum absolute atomic E-state index is 0.0173. The molecule has 1 saturated heterocycles. The van der Waals surface area contributed by atoms with Gasteiger partial charge in [-0.2, -0.15) is 0 Å². The summed E-state index contributed by atoms with van der Waals surface area (Å²) in [6, 6.07) is 10.3. The molecule has 7 nitrogen and oxygen atoms in total. The Kier molecular flexibility index (Phi) is 6.67. The Morgan fingerprint density at radius 1 is 1.07 bits per heavy atom. The summed E-state index contributed by atoms with van der Waals surface area (Å²) >= 11 is 0. The molecule has 1 heterocycles. The fourth-order valence-electron chi connectivity index (χ4n) is 4.17. The van der Waals surface area contributed by atoms with Crippen molar-refractivity contribution in [3.8, 4) is 0 Å². The lowest BCUT2D eigenvalue weighted by Gasteiger charge is -2.30. The largest absolute Gasteiger partial charge is 0.353 e. The lowest BCUT2D eigenvalue weighted by Crippen LogP contribution is -2.43. The standard InChI is InChI=1S/C22H29N3O4/c1-14(2)23-19(26)13-25-12-18(20(27)22(25)29)21(28)24-17-10-8-16(9-11-17)15-6-4-3-5-7-15/h3-7,14,16-18H,8-13H2,1-2H3,(H,23,26)(H,24,28). The maximum absolute atomic E-state index is 12.6. The van der Waals surface area contributed by atoms with E-state index in [1.807, 2.05) is 32.0 Å². The van der Waals surface area contributed by atoms with Crippen molar-refractivity contribution in [3.63, 3.8) is 0 Å². The highest BCUT2D eigenvalue weighted by Crippen LogP contribution is 2.32. The summed E-state index contributed by atoms with van der Waals surface area (Å²) in [5.41, 5.74) is 1.32. The third kappa shape index (κ3) is 5.22. The van der Waals surface area contributed by atoms with Gasteiger partial charge in [-0.05, 0) is 51.0 Å². The Morgan fingerprint density at radius 2 is 1.72 bits per heavy atom. The molecule has 1 aliphatic carbocycles. The SMILES string of the molecule is CC(C)NC(=O)CN1CC(C(=O)NC2CCC(c3ccccc3)CC2)C(=O)C1=O. The number of hydrogen-bond acceptors (Lipinski definition) is 4. The Balaban J connectivity index is 1.50. The molecule has 156 valence electrons. The van der Waals surface area contributed by atoms with Gasteiger partial charge in [0.15, 0.2) is 0 Å². The number of carbonyl (C=O) groups is 4. The first-order valence-corrected chi connectivity index (χ1v) is 10.3. The molecule has 2 aliphatic rings. The summed E-state index contributed by atoms with van der Waals surface area (Å²) in [4.78, 5) is 50.1. The van der Waals surface area contributed by atoms with Crippen LogP contribution in [0.4, 0.5) is 0 Å². The van der Waals surface area contributed by atoms with Crippen molar-refractivity contribution >= 4 is 23.5 Å². The van der Waals surface area contributed by atoms with Gasteiger partial charge in [-0.25, -0.2) is 0 Å². The average Bonchev–Trinajstić information content (AvgIpc) is 2.97. The zero-order valence-electron chi connectivity index (χ0n) is 17.0. The molecule has 2 N–H and O–H groups in total. The fourth-order valence-corrected chi connectivity index (χ4v) is 4.17. The molecule has 1 atom stereocenters. The molecule has 0 aromatic heterocycles. The van der Waals surface area contributed by atoms with Gasteiger partial charge in [0.1, 0.15) is 5.92 Å².